The molecule has 0 unspecified atom stereocenters. The number of carbonyl (C=O) groups excluding carboxylic acids is 1. The molecule has 0 amide bonds. The fourth-order valence-corrected chi connectivity index (χ4v) is 1.28. The van der Waals surface area contributed by atoms with Crippen molar-refractivity contribution in [2.45, 2.75) is 0 Å². The maximum absolute atomic E-state index is 11.1. The molecule has 1 aromatic rings. The molecular formula is C9H7BrO2. The van der Waals surface area contributed by atoms with E-state index in [0.29, 0.717) is 10.0 Å². The van der Waals surface area contributed by atoms with Crippen LogP contribution in [0.3, 0.4) is 0 Å². The van der Waals surface area contributed by atoms with Crippen molar-refractivity contribution in [3.05, 3.63) is 40.9 Å². The van der Waals surface area contributed by atoms with Gasteiger partial charge in [-0.2, -0.15) is 0 Å². The molecule has 0 atom stereocenters. The first-order chi connectivity index (χ1) is 5.66. The molecule has 0 bridgehead atoms. The molecule has 0 aromatic heterocycles. The molecule has 0 aliphatic carbocycles. The first-order valence-corrected chi connectivity index (χ1v) is 4.10. The minimum atomic E-state index is -0.210. The topological polar surface area (TPSA) is 37.3 Å². The summed E-state index contributed by atoms with van der Waals surface area (Å²) in [6.45, 7) is 3.36. The summed E-state index contributed by atoms with van der Waals surface area (Å²) in [5.41, 5.74) is 0.421. The van der Waals surface area contributed by atoms with Crippen molar-refractivity contribution in [1.82, 2.24) is 0 Å². The molecule has 0 radical (unpaired) electrons. The number of aromatic hydroxyl groups is 1. The van der Waals surface area contributed by atoms with Crippen molar-refractivity contribution in [2.75, 3.05) is 0 Å². The molecule has 0 heterocycles. The Morgan fingerprint density at radius 2 is 2.25 bits per heavy atom. The summed E-state index contributed by atoms with van der Waals surface area (Å²) < 4.78 is 0.412. The van der Waals surface area contributed by atoms with Gasteiger partial charge in [0.05, 0.1) is 4.47 Å². The summed E-state index contributed by atoms with van der Waals surface area (Å²) in [7, 11) is 0. The number of carbonyl (C=O) groups is 1. The molecule has 0 saturated carbocycles. The molecule has 2 nitrogen and oxygen atoms in total. The SMILES string of the molecule is C=CC(=O)c1cccc(O)c1Br. The van der Waals surface area contributed by atoms with Crippen molar-refractivity contribution in [3.63, 3.8) is 0 Å². The predicted molar refractivity (Wildman–Crippen MR) is 50.3 cm³/mol. The Bertz CT molecular complexity index is 331. The largest absolute Gasteiger partial charge is 0.507 e. The second kappa shape index (κ2) is 3.54. The van der Waals surface area contributed by atoms with Crippen molar-refractivity contribution in [2.24, 2.45) is 0 Å². The lowest BCUT2D eigenvalue weighted by atomic mass is 10.1. The van der Waals surface area contributed by atoms with E-state index in [1.54, 1.807) is 12.1 Å². The quantitative estimate of drug-likeness (QED) is 0.622. The van der Waals surface area contributed by atoms with Crippen molar-refractivity contribution in [1.29, 1.82) is 0 Å². The van der Waals surface area contributed by atoms with Gasteiger partial charge in [0.25, 0.3) is 0 Å². The average Bonchev–Trinajstić information content (AvgIpc) is 2.08. The molecule has 12 heavy (non-hydrogen) atoms. The second-order valence-electron chi connectivity index (χ2n) is 2.21. The molecule has 0 saturated heterocycles. The van der Waals surface area contributed by atoms with Crippen molar-refractivity contribution >= 4 is 21.7 Å². The van der Waals surface area contributed by atoms with Crippen LogP contribution in [0.15, 0.2) is 35.3 Å². The second-order valence-corrected chi connectivity index (χ2v) is 3.00. The van der Waals surface area contributed by atoms with E-state index in [4.69, 9.17) is 0 Å². The number of phenols is 1. The van der Waals surface area contributed by atoms with Crippen LogP contribution < -0.4 is 0 Å². The molecule has 1 rings (SSSR count). The van der Waals surface area contributed by atoms with Crippen LogP contribution in [0.4, 0.5) is 0 Å². The maximum atomic E-state index is 11.1. The van der Waals surface area contributed by atoms with Crippen LogP contribution in [0, 0.1) is 0 Å². The first-order valence-electron chi connectivity index (χ1n) is 3.31. The fourth-order valence-electron chi connectivity index (χ4n) is 0.820. The van der Waals surface area contributed by atoms with Crippen LogP contribution in [0.25, 0.3) is 0 Å². The third-order valence-corrected chi connectivity index (χ3v) is 2.26. The highest BCUT2D eigenvalue weighted by Gasteiger charge is 2.08. The fraction of sp³-hybridized carbons (Fsp3) is 0. The van der Waals surface area contributed by atoms with E-state index >= 15 is 0 Å². The van der Waals surface area contributed by atoms with E-state index in [0.717, 1.165) is 0 Å². The van der Waals surface area contributed by atoms with Gasteiger partial charge < -0.3 is 5.11 Å². The van der Waals surface area contributed by atoms with E-state index in [9.17, 15) is 9.90 Å². The molecule has 3 heteroatoms. The van der Waals surface area contributed by atoms with Gasteiger partial charge in [-0.1, -0.05) is 12.6 Å². The summed E-state index contributed by atoms with van der Waals surface area (Å²) >= 11 is 3.10. The van der Waals surface area contributed by atoms with Crippen LogP contribution >= 0.6 is 15.9 Å². The summed E-state index contributed by atoms with van der Waals surface area (Å²) in [6.07, 6.45) is 1.21. The third-order valence-electron chi connectivity index (χ3n) is 1.43. The molecular weight excluding hydrogens is 220 g/mol. The van der Waals surface area contributed by atoms with Gasteiger partial charge in [-0.15, -0.1) is 0 Å². The molecule has 0 aliphatic rings. The van der Waals surface area contributed by atoms with Crippen LogP contribution in [-0.2, 0) is 0 Å². The minimum Gasteiger partial charge on any atom is -0.507 e. The number of ketones is 1. The van der Waals surface area contributed by atoms with Gasteiger partial charge in [-0.25, -0.2) is 0 Å². The monoisotopic (exact) mass is 226 g/mol. The number of allylic oxidation sites excluding steroid dienone is 1. The van der Waals surface area contributed by atoms with Crippen LogP contribution in [0.2, 0.25) is 0 Å². The van der Waals surface area contributed by atoms with Crippen LogP contribution in [0.1, 0.15) is 10.4 Å². The van der Waals surface area contributed by atoms with E-state index in [1.165, 1.54) is 12.1 Å². The normalized spacial score (nSPS) is 9.42. The Kier molecular flexibility index (Phi) is 2.65. The highest BCUT2D eigenvalue weighted by molar-refractivity contribution is 9.10. The van der Waals surface area contributed by atoms with Crippen LogP contribution in [0.5, 0.6) is 5.75 Å². The van der Waals surface area contributed by atoms with Gasteiger partial charge in [0.1, 0.15) is 5.75 Å². The van der Waals surface area contributed by atoms with Gasteiger partial charge in [0.15, 0.2) is 5.78 Å². The zero-order chi connectivity index (χ0) is 9.14. The summed E-state index contributed by atoms with van der Waals surface area (Å²) in [5, 5.41) is 9.21. The number of hydrogen-bond acceptors (Lipinski definition) is 2. The Morgan fingerprint density at radius 1 is 1.58 bits per heavy atom. The van der Waals surface area contributed by atoms with E-state index in [2.05, 4.69) is 22.5 Å². The van der Waals surface area contributed by atoms with Gasteiger partial charge in [0.2, 0.25) is 0 Å². The third kappa shape index (κ3) is 1.56. The Morgan fingerprint density at radius 3 is 2.83 bits per heavy atom. The van der Waals surface area contributed by atoms with E-state index in [-0.39, 0.29) is 11.5 Å². The molecule has 1 aromatic carbocycles. The van der Waals surface area contributed by atoms with Gasteiger partial charge in [-0.3, -0.25) is 4.79 Å². The average molecular weight is 227 g/mol. The number of rotatable bonds is 2. The standard InChI is InChI=1S/C9H7BrO2/c1-2-7(11)6-4-3-5-8(12)9(6)10/h2-5,12H,1H2. The minimum absolute atomic E-state index is 0.0581. The predicted octanol–water partition coefficient (Wildman–Crippen LogP) is 2.52. The Hall–Kier alpha value is -1.09. The molecule has 0 aliphatic heterocycles. The Balaban J connectivity index is 3.25. The number of benzene rings is 1. The van der Waals surface area contributed by atoms with Gasteiger partial charge >= 0.3 is 0 Å². The summed E-state index contributed by atoms with van der Waals surface area (Å²) in [4.78, 5) is 11.1. The molecule has 62 valence electrons. The number of halogens is 1. The molecule has 0 spiro atoms. The first kappa shape index (κ1) is 9.00. The smallest absolute Gasteiger partial charge is 0.186 e. The molecule has 0 fully saturated rings. The highest BCUT2D eigenvalue weighted by atomic mass is 79.9. The maximum Gasteiger partial charge on any atom is 0.186 e. The summed E-state index contributed by atoms with van der Waals surface area (Å²) in [5.74, 6) is -0.152. The van der Waals surface area contributed by atoms with Crippen molar-refractivity contribution < 1.29 is 9.90 Å². The van der Waals surface area contributed by atoms with Gasteiger partial charge in [-0.05, 0) is 34.1 Å². The van der Waals surface area contributed by atoms with Crippen LogP contribution in [-0.4, -0.2) is 10.9 Å². The van der Waals surface area contributed by atoms with Gasteiger partial charge in [0, 0.05) is 5.56 Å². The zero-order valence-corrected chi connectivity index (χ0v) is 7.84. The number of phenolic OH excluding ortho intramolecular Hbond substituents is 1. The lowest BCUT2D eigenvalue weighted by molar-refractivity contribution is 0.104. The molecule has 1 N–H and O–H groups in total. The lowest BCUT2D eigenvalue weighted by Gasteiger charge is -2.00. The van der Waals surface area contributed by atoms with E-state index in [1.807, 2.05) is 0 Å². The lowest BCUT2D eigenvalue weighted by Crippen LogP contribution is -1.94. The summed E-state index contributed by atoms with van der Waals surface area (Å²) in [6, 6.07) is 4.73. The highest BCUT2D eigenvalue weighted by Crippen LogP contribution is 2.27. The Labute approximate surface area is 78.7 Å². The van der Waals surface area contributed by atoms with E-state index < -0.39 is 0 Å². The van der Waals surface area contributed by atoms with Crippen molar-refractivity contribution in [3.8, 4) is 5.75 Å². The zero-order valence-electron chi connectivity index (χ0n) is 6.25. The number of hydrogen-bond donors (Lipinski definition) is 1.